The van der Waals surface area contributed by atoms with Crippen molar-refractivity contribution in [1.82, 2.24) is 0 Å². The zero-order chi connectivity index (χ0) is 14.0. The van der Waals surface area contributed by atoms with Crippen molar-refractivity contribution in [3.8, 4) is 0 Å². The van der Waals surface area contributed by atoms with Crippen LogP contribution in [0.3, 0.4) is 0 Å². The molecule has 1 nitrogen and oxygen atoms in total. The Kier molecular flexibility index (Phi) is 4.08. The lowest BCUT2D eigenvalue weighted by molar-refractivity contribution is -0.137. The molecule has 1 rings (SSSR count). The number of hydrogen-bond acceptors (Lipinski definition) is 1. The van der Waals surface area contributed by atoms with Gasteiger partial charge in [0.15, 0.2) is 0 Å². The van der Waals surface area contributed by atoms with E-state index in [1.54, 1.807) is 0 Å². The number of benzene rings is 1. The molecule has 0 aliphatic heterocycles. The minimum atomic E-state index is -4.67. The van der Waals surface area contributed by atoms with Crippen molar-refractivity contribution in [2.24, 2.45) is 0 Å². The van der Waals surface area contributed by atoms with Crippen LogP contribution in [0.15, 0.2) is 18.2 Å². The summed E-state index contributed by atoms with van der Waals surface area (Å²) >= 11 is 0. The summed E-state index contributed by atoms with van der Waals surface area (Å²) in [6.07, 6.45) is -10.4. The Hall–Kier alpha value is -1.47. The first-order chi connectivity index (χ1) is 8.09. The SMILES string of the molecule is Fc1ccc(C(F)(F)F)cc1NCCC(F)(F)F. The monoisotopic (exact) mass is 275 g/mol. The van der Waals surface area contributed by atoms with Gasteiger partial charge in [-0.1, -0.05) is 0 Å². The van der Waals surface area contributed by atoms with Gasteiger partial charge < -0.3 is 5.32 Å². The van der Waals surface area contributed by atoms with Gasteiger partial charge in [0.1, 0.15) is 5.82 Å². The molecule has 0 aliphatic rings. The summed E-state index contributed by atoms with van der Waals surface area (Å²) in [7, 11) is 0. The first kappa shape index (κ1) is 14.6. The number of nitrogens with one attached hydrogen (secondary N) is 1. The third kappa shape index (κ3) is 4.42. The summed E-state index contributed by atoms with van der Waals surface area (Å²) in [5, 5.41) is 1.99. The van der Waals surface area contributed by atoms with Crippen molar-refractivity contribution < 1.29 is 30.7 Å². The van der Waals surface area contributed by atoms with Gasteiger partial charge in [-0.25, -0.2) is 4.39 Å². The average molecular weight is 275 g/mol. The Labute approximate surface area is 97.6 Å². The van der Waals surface area contributed by atoms with E-state index in [2.05, 4.69) is 0 Å². The zero-order valence-corrected chi connectivity index (χ0v) is 8.79. The van der Waals surface area contributed by atoms with E-state index in [0.29, 0.717) is 18.2 Å². The van der Waals surface area contributed by atoms with Gasteiger partial charge in [0, 0.05) is 6.54 Å². The average Bonchev–Trinajstić information content (AvgIpc) is 2.17. The molecule has 0 aromatic heterocycles. The molecule has 1 N–H and O–H groups in total. The summed E-state index contributed by atoms with van der Waals surface area (Å²) in [6, 6.07) is 1.51. The van der Waals surface area contributed by atoms with E-state index in [1.807, 2.05) is 5.32 Å². The van der Waals surface area contributed by atoms with Crippen LogP contribution in [0.4, 0.5) is 36.4 Å². The summed E-state index contributed by atoms with van der Waals surface area (Å²) in [5.41, 5.74) is -1.73. The quantitative estimate of drug-likeness (QED) is 0.815. The van der Waals surface area contributed by atoms with Crippen molar-refractivity contribution in [1.29, 1.82) is 0 Å². The van der Waals surface area contributed by atoms with E-state index in [1.165, 1.54) is 0 Å². The number of hydrogen-bond donors (Lipinski definition) is 1. The van der Waals surface area contributed by atoms with Crippen LogP contribution in [-0.2, 0) is 6.18 Å². The van der Waals surface area contributed by atoms with Gasteiger partial charge in [-0.3, -0.25) is 0 Å². The lowest BCUT2D eigenvalue weighted by Gasteiger charge is -2.12. The van der Waals surface area contributed by atoms with Crippen LogP contribution in [0.1, 0.15) is 12.0 Å². The topological polar surface area (TPSA) is 12.0 Å². The highest BCUT2D eigenvalue weighted by atomic mass is 19.4. The van der Waals surface area contributed by atoms with Crippen LogP contribution in [0.25, 0.3) is 0 Å². The molecule has 0 spiro atoms. The third-order valence-corrected chi connectivity index (χ3v) is 2.02. The first-order valence-corrected chi connectivity index (χ1v) is 4.77. The molecule has 0 atom stereocenters. The van der Waals surface area contributed by atoms with E-state index in [-0.39, 0.29) is 0 Å². The molecule has 0 amide bonds. The fourth-order valence-electron chi connectivity index (χ4n) is 1.18. The highest BCUT2D eigenvalue weighted by molar-refractivity contribution is 5.48. The first-order valence-electron chi connectivity index (χ1n) is 4.77. The number of rotatable bonds is 3. The summed E-state index contributed by atoms with van der Waals surface area (Å²) in [6.45, 7) is -0.693. The van der Waals surface area contributed by atoms with Gasteiger partial charge in [0.25, 0.3) is 0 Å². The minimum Gasteiger partial charge on any atom is -0.382 e. The maximum absolute atomic E-state index is 13.1. The fourth-order valence-corrected chi connectivity index (χ4v) is 1.18. The van der Waals surface area contributed by atoms with E-state index in [0.717, 1.165) is 0 Å². The van der Waals surface area contributed by atoms with E-state index in [4.69, 9.17) is 0 Å². The van der Waals surface area contributed by atoms with Crippen LogP contribution in [0.5, 0.6) is 0 Å². The van der Waals surface area contributed by atoms with Crippen LogP contribution in [0.2, 0.25) is 0 Å². The van der Waals surface area contributed by atoms with Gasteiger partial charge in [0.05, 0.1) is 17.7 Å². The van der Waals surface area contributed by atoms with E-state index < -0.39 is 42.4 Å². The Morgan fingerprint density at radius 1 is 1.00 bits per heavy atom. The fraction of sp³-hybridized carbons (Fsp3) is 0.400. The van der Waals surface area contributed by atoms with Crippen LogP contribution < -0.4 is 5.32 Å². The highest BCUT2D eigenvalue weighted by Gasteiger charge is 2.31. The summed E-state index contributed by atoms with van der Waals surface area (Å²) in [5.74, 6) is -1.04. The van der Waals surface area contributed by atoms with Crippen molar-refractivity contribution in [2.75, 3.05) is 11.9 Å². The molecule has 0 fully saturated rings. The second-order valence-corrected chi connectivity index (χ2v) is 3.48. The van der Waals surface area contributed by atoms with Gasteiger partial charge in [-0.15, -0.1) is 0 Å². The van der Waals surface area contributed by atoms with Gasteiger partial charge in [-0.05, 0) is 18.2 Å². The smallest absolute Gasteiger partial charge is 0.382 e. The Bertz CT molecular complexity index is 408. The molecule has 102 valence electrons. The molecule has 0 radical (unpaired) electrons. The molecule has 0 saturated heterocycles. The second kappa shape index (κ2) is 5.03. The number of halogens is 7. The normalized spacial score (nSPS) is 12.6. The van der Waals surface area contributed by atoms with E-state index in [9.17, 15) is 30.7 Å². The zero-order valence-electron chi connectivity index (χ0n) is 8.79. The highest BCUT2D eigenvalue weighted by Crippen LogP contribution is 2.32. The molecule has 8 heteroatoms. The summed E-state index contributed by atoms with van der Waals surface area (Å²) in [4.78, 5) is 0. The minimum absolute atomic E-state index is 0.436. The third-order valence-electron chi connectivity index (χ3n) is 2.02. The van der Waals surface area contributed by atoms with Crippen LogP contribution in [-0.4, -0.2) is 12.7 Å². The maximum Gasteiger partial charge on any atom is 0.416 e. The van der Waals surface area contributed by atoms with Crippen molar-refractivity contribution in [3.05, 3.63) is 29.6 Å². The van der Waals surface area contributed by atoms with Gasteiger partial charge >= 0.3 is 12.4 Å². The predicted molar refractivity (Wildman–Crippen MR) is 50.6 cm³/mol. The number of anilines is 1. The van der Waals surface area contributed by atoms with Crippen LogP contribution >= 0.6 is 0 Å². The molecule has 0 unspecified atom stereocenters. The molecule has 0 saturated carbocycles. The van der Waals surface area contributed by atoms with Crippen molar-refractivity contribution in [2.45, 2.75) is 18.8 Å². The van der Waals surface area contributed by atoms with Crippen LogP contribution in [0, 0.1) is 5.82 Å². The Balaban J connectivity index is 2.76. The molecular weight excluding hydrogens is 267 g/mol. The number of alkyl halides is 6. The molecular formula is C10H8F7N. The summed E-state index contributed by atoms with van der Waals surface area (Å²) < 4.78 is 85.4. The van der Waals surface area contributed by atoms with Crippen molar-refractivity contribution in [3.63, 3.8) is 0 Å². The molecule has 18 heavy (non-hydrogen) atoms. The molecule has 0 heterocycles. The van der Waals surface area contributed by atoms with E-state index >= 15 is 0 Å². The Morgan fingerprint density at radius 3 is 2.11 bits per heavy atom. The van der Waals surface area contributed by atoms with Crippen molar-refractivity contribution >= 4 is 5.69 Å². The Morgan fingerprint density at radius 2 is 1.61 bits per heavy atom. The molecule has 0 aliphatic carbocycles. The lowest BCUT2D eigenvalue weighted by Crippen LogP contribution is -2.15. The van der Waals surface area contributed by atoms with Gasteiger partial charge in [0.2, 0.25) is 0 Å². The largest absolute Gasteiger partial charge is 0.416 e. The maximum atomic E-state index is 13.1. The predicted octanol–water partition coefficient (Wildman–Crippen LogP) is 4.21. The standard InChI is InChI=1S/C10H8F7N/c11-7-2-1-6(10(15,16)17)5-8(7)18-4-3-9(12,13)14/h1-2,5,18H,3-4H2. The molecule has 1 aromatic carbocycles. The van der Waals surface area contributed by atoms with Gasteiger partial charge in [-0.2, -0.15) is 26.3 Å². The second-order valence-electron chi connectivity index (χ2n) is 3.48. The molecule has 0 bridgehead atoms. The molecule has 1 aromatic rings. The lowest BCUT2D eigenvalue weighted by atomic mass is 10.2.